The second kappa shape index (κ2) is 5.82. The number of carboxylic acid groups (broad SMARTS) is 1. The van der Waals surface area contributed by atoms with E-state index >= 15 is 0 Å². The molecular formula is C11H9F2NO4. The van der Waals surface area contributed by atoms with E-state index in [1.807, 2.05) is 0 Å². The Labute approximate surface area is 101 Å². The molecule has 18 heavy (non-hydrogen) atoms. The molecule has 0 saturated carbocycles. The lowest BCUT2D eigenvalue weighted by atomic mass is 10.0. The van der Waals surface area contributed by atoms with Gasteiger partial charge in [-0.25, -0.2) is 0 Å². The number of carboxylic acids is 1. The number of aliphatic carboxylic acids is 1. The third-order valence-electron chi connectivity index (χ3n) is 2.07. The molecule has 0 spiro atoms. The first kappa shape index (κ1) is 13.7. The molecular weight excluding hydrogens is 248 g/mol. The van der Waals surface area contributed by atoms with Gasteiger partial charge in [-0.05, 0) is 11.6 Å². The Kier molecular flexibility index (Phi) is 4.43. The summed E-state index contributed by atoms with van der Waals surface area (Å²) in [6.07, 6.45) is -0.409. The molecule has 5 nitrogen and oxygen atoms in total. The zero-order valence-corrected chi connectivity index (χ0v) is 9.31. The van der Waals surface area contributed by atoms with Gasteiger partial charge in [0.2, 0.25) is 0 Å². The van der Waals surface area contributed by atoms with Crippen LogP contribution >= 0.6 is 0 Å². The highest BCUT2D eigenvalue weighted by molar-refractivity contribution is 5.72. The van der Waals surface area contributed by atoms with Crippen LogP contribution in [-0.2, 0) is 11.2 Å². The number of halogens is 2. The number of nitrogens with zero attached hydrogens (tertiary/aromatic N) is 1. The fourth-order valence-corrected chi connectivity index (χ4v) is 1.36. The number of carbonyl (C=O) groups is 1. The van der Waals surface area contributed by atoms with Gasteiger partial charge >= 0.3 is 12.6 Å². The predicted octanol–water partition coefficient (Wildman–Crippen LogP) is 1.80. The Morgan fingerprint density at radius 2 is 2.17 bits per heavy atom. The molecule has 1 N–H and O–H groups in total. The maximum atomic E-state index is 12.1. The molecule has 1 aromatic carbocycles. The summed E-state index contributed by atoms with van der Waals surface area (Å²) in [6, 6.07) is 3.95. The van der Waals surface area contributed by atoms with Crippen molar-refractivity contribution in [1.82, 2.24) is 0 Å². The van der Waals surface area contributed by atoms with Gasteiger partial charge in [-0.1, -0.05) is 0 Å². The Hall–Kier alpha value is -2.36. The first-order chi connectivity index (χ1) is 8.47. The number of benzene rings is 1. The average molecular weight is 257 g/mol. The van der Waals surface area contributed by atoms with Gasteiger partial charge in [-0.2, -0.15) is 14.0 Å². The molecule has 0 aromatic heterocycles. The third-order valence-corrected chi connectivity index (χ3v) is 2.07. The smallest absolute Gasteiger partial charge is 0.387 e. The SMILES string of the molecule is COc1cc(CC(=O)O)c(C#N)cc1OC(F)F. The molecule has 0 aliphatic heterocycles. The van der Waals surface area contributed by atoms with Crippen LogP contribution in [0.1, 0.15) is 11.1 Å². The predicted molar refractivity (Wildman–Crippen MR) is 55.7 cm³/mol. The number of nitriles is 1. The van der Waals surface area contributed by atoms with Crippen molar-refractivity contribution < 1.29 is 28.2 Å². The molecule has 96 valence electrons. The van der Waals surface area contributed by atoms with E-state index in [2.05, 4.69) is 4.74 Å². The Bertz CT molecular complexity index is 497. The molecule has 0 atom stereocenters. The Balaban J connectivity index is 3.24. The van der Waals surface area contributed by atoms with Crippen molar-refractivity contribution in [3.05, 3.63) is 23.3 Å². The molecule has 0 unspecified atom stereocenters. The van der Waals surface area contributed by atoms with Gasteiger partial charge in [0.15, 0.2) is 11.5 Å². The lowest BCUT2D eigenvalue weighted by molar-refractivity contribution is -0.136. The van der Waals surface area contributed by atoms with Gasteiger partial charge in [0, 0.05) is 6.07 Å². The maximum Gasteiger partial charge on any atom is 0.387 e. The summed E-state index contributed by atoms with van der Waals surface area (Å²) in [7, 11) is 1.23. The van der Waals surface area contributed by atoms with Crippen LogP contribution in [0.25, 0.3) is 0 Å². The monoisotopic (exact) mass is 257 g/mol. The van der Waals surface area contributed by atoms with Crippen molar-refractivity contribution in [2.24, 2.45) is 0 Å². The molecule has 0 aliphatic rings. The number of rotatable bonds is 5. The maximum absolute atomic E-state index is 12.1. The first-order valence-corrected chi connectivity index (χ1v) is 4.75. The van der Waals surface area contributed by atoms with Crippen molar-refractivity contribution in [3.8, 4) is 17.6 Å². The van der Waals surface area contributed by atoms with Crippen LogP contribution in [0.15, 0.2) is 12.1 Å². The largest absolute Gasteiger partial charge is 0.493 e. The fourth-order valence-electron chi connectivity index (χ4n) is 1.36. The number of hydrogen-bond acceptors (Lipinski definition) is 4. The van der Waals surface area contributed by atoms with Crippen LogP contribution in [-0.4, -0.2) is 24.8 Å². The van der Waals surface area contributed by atoms with Crippen LogP contribution in [0.3, 0.4) is 0 Å². The quantitative estimate of drug-likeness (QED) is 0.869. The van der Waals surface area contributed by atoms with Crippen LogP contribution in [0.5, 0.6) is 11.5 Å². The first-order valence-electron chi connectivity index (χ1n) is 4.75. The molecule has 7 heteroatoms. The van der Waals surface area contributed by atoms with Crippen molar-refractivity contribution in [3.63, 3.8) is 0 Å². The highest BCUT2D eigenvalue weighted by atomic mass is 19.3. The van der Waals surface area contributed by atoms with Gasteiger partial charge in [0.1, 0.15) is 0 Å². The van der Waals surface area contributed by atoms with E-state index < -0.39 is 19.0 Å². The average Bonchev–Trinajstić information content (AvgIpc) is 2.29. The van der Waals surface area contributed by atoms with Gasteiger partial charge in [-0.15, -0.1) is 0 Å². The minimum atomic E-state index is -3.06. The van der Waals surface area contributed by atoms with E-state index in [0.717, 1.165) is 6.07 Å². The number of hydrogen-bond donors (Lipinski definition) is 1. The van der Waals surface area contributed by atoms with Gasteiger partial charge < -0.3 is 14.6 Å². The van der Waals surface area contributed by atoms with Crippen molar-refractivity contribution in [2.45, 2.75) is 13.0 Å². The number of ether oxygens (including phenoxy) is 2. The summed E-state index contributed by atoms with van der Waals surface area (Å²) in [5.41, 5.74) is 0.123. The minimum Gasteiger partial charge on any atom is -0.493 e. The molecule has 1 aromatic rings. The highest BCUT2D eigenvalue weighted by Crippen LogP contribution is 2.32. The second-order valence-electron chi connectivity index (χ2n) is 3.22. The minimum absolute atomic E-state index is 0.0474. The molecule has 0 aliphatic carbocycles. The lowest BCUT2D eigenvalue weighted by Gasteiger charge is -2.12. The summed E-state index contributed by atoms with van der Waals surface area (Å²) in [4.78, 5) is 10.6. The molecule has 0 heterocycles. The van der Waals surface area contributed by atoms with Gasteiger partial charge in [0.05, 0.1) is 25.2 Å². The van der Waals surface area contributed by atoms with E-state index in [-0.39, 0.29) is 22.6 Å². The van der Waals surface area contributed by atoms with Crippen molar-refractivity contribution in [1.29, 1.82) is 5.26 Å². The second-order valence-corrected chi connectivity index (χ2v) is 3.22. The topological polar surface area (TPSA) is 79.5 Å². The van der Waals surface area contributed by atoms with Crippen LogP contribution in [0.2, 0.25) is 0 Å². The van der Waals surface area contributed by atoms with E-state index in [1.54, 1.807) is 6.07 Å². The molecule has 0 saturated heterocycles. The molecule has 0 fully saturated rings. The van der Waals surface area contributed by atoms with E-state index in [1.165, 1.54) is 13.2 Å². The zero-order valence-electron chi connectivity index (χ0n) is 9.31. The van der Waals surface area contributed by atoms with E-state index in [4.69, 9.17) is 15.1 Å². The van der Waals surface area contributed by atoms with E-state index in [0.29, 0.717) is 0 Å². The number of alkyl halides is 2. The molecule has 0 radical (unpaired) electrons. The Morgan fingerprint density at radius 1 is 1.50 bits per heavy atom. The summed E-state index contributed by atoms with van der Waals surface area (Å²) in [5.74, 6) is -1.50. The van der Waals surface area contributed by atoms with Crippen LogP contribution in [0, 0.1) is 11.3 Å². The molecule has 1 rings (SSSR count). The van der Waals surface area contributed by atoms with Gasteiger partial charge in [0.25, 0.3) is 0 Å². The van der Waals surface area contributed by atoms with Crippen LogP contribution in [0.4, 0.5) is 8.78 Å². The summed E-state index contributed by atoms with van der Waals surface area (Å²) >= 11 is 0. The molecule has 0 amide bonds. The van der Waals surface area contributed by atoms with Gasteiger partial charge in [-0.3, -0.25) is 4.79 Å². The highest BCUT2D eigenvalue weighted by Gasteiger charge is 2.16. The lowest BCUT2D eigenvalue weighted by Crippen LogP contribution is -2.07. The normalized spacial score (nSPS) is 9.94. The fraction of sp³-hybridized carbons (Fsp3) is 0.273. The van der Waals surface area contributed by atoms with Crippen molar-refractivity contribution in [2.75, 3.05) is 7.11 Å². The number of methoxy groups -OCH3 is 1. The summed E-state index contributed by atoms with van der Waals surface area (Å²) in [6.45, 7) is -3.06. The third kappa shape index (κ3) is 3.31. The molecule has 0 bridgehead atoms. The van der Waals surface area contributed by atoms with E-state index in [9.17, 15) is 13.6 Å². The van der Waals surface area contributed by atoms with Crippen molar-refractivity contribution >= 4 is 5.97 Å². The Morgan fingerprint density at radius 3 is 2.61 bits per heavy atom. The summed E-state index contributed by atoms with van der Waals surface area (Å²) < 4.78 is 33.2. The van der Waals surface area contributed by atoms with Crippen LogP contribution < -0.4 is 9.47 Å². The summed E-state index contributed by atoms with van der Waals surface area (Å²) in [5, 5.41) is 17.5. The zero-order chi connectivity index (χ0) is 13.7. The standard InChI is InChI=1S/C11H9F2NO4/c1-17-8-2-6(4-10(15)16)7(5-14)3-9(8)18-11(12)13/h2-3,11H,4H2,1H3,(H,15,16).